The van der Waals surface area contributed by atoms with Crippen molar-refractivity contribution in [3.8, 4) is 16.9 Å². The molecule has 2 aromatic carbocycles. The van der Waals surface area contributed by atoms with Crippen molar-refractivity contribution in [2.75, 3.05) is 7.11 Å². The Morgan fingerprint density at radius 1 is 1.20 bits per heavy atom. The van der Waals surface area contributed by atoms with E-state index in [-0.39, 0.29) is 12.3 Å². The fraction of sp³-hybridized carbons (Fsp3) is 0.158. The van der Waals surface area contributed by atoms with E-state index in [2.05, 4.69) is 10.2 Å². The molecule has 0 radical (unpaired) electrons. The van der Waals surface area contributed by atoms with E-state index in [1.54, 1.807) is 11.5 Å². The van der Waals surface area contributed by atoms with E-state index >= 15 is 0 Å². The summed E-state index contributed by atoms with van der Waals surface area (Å²) in [6.45, 7) is 1.98. The van der Waals surface area contributed by atoms with Crippen LogP contribution >= 0.6 is 0 Å². The van der Waals surface area contributed by atoms with Crippen molar-refractivity contribution in [1.29, 1.82) is 0 Å². The number of aliphatic hydroxyl groups is 1. The summed E-state index contributed by atoms with van der Waals surface area (Å²) in [5.41, 5.74) is 4.76. The molecule has 0 saturated heterocycles. The third-order valence-corrected chi connectivity index (χ3v) is 4.47. The predicted molar refractivity (Wildman–Crippen MR) is 96.0 cm³/mol. The number of H-pyrrole nitrogens is 1. The lowest BCUT2D eigenvalue weighted by molar-refractivity contribution is 0.282. The SMILES string of the molecule is COc1cc2c(C)cc3n[nH]c(=O)n3c2cc1-c1ccc(CO)cc1. The Hall–Kier alpha value is -3.12. The van der Waals surface area contributed by atoms with Crippen LogP contribution in [0, 0.1) is 6.92 Å². The fourth-order valence-corrected chi connectivity index (χ4v) is 3.16. The van der Waals surface area contributed by atoms with Crippen molar-refractivity contribution in [1.82, 2.24) is 14.6 Å². The topological polar surface area (TPSA) is 79.6 Å². The maximum absolute atomic E-state index is 12.2. The summed E-state index contributed by atoms with van der Waals surface area (Å²) in [5, 5.41) is 16.7. The number of methoxy groups -OCH3 is 1. The molecule has 0 aliphatic heterocycles. The molecule has 0 spiro atoms. The van der Waals surface area contributed by atoms with Gasteiger partial charge in [0, 0.05) is 10.9 Å². The molecular formula is C19H17N3O3. The number of aromatic amines is 1. The molecule has 0 atom stereocenters. The molecule has 0 aliphatic rings. The van der Waals surface area contributed by atoms with E-state index < -0.39 is 0 Å². The summed E-state index contributed by atoms with van der Waals surface area (Å²) < 4.78 is 7.15. The van der Waals surface area contributed by atoms with Gasteiger partial charge in [0.15, 0.2) is 5.65 Å². The van der Waals surface area contributed by atoms with Gasteiger partial charge in [-0.05, 0) is 41.8 Å². The average molecular weight is 335 g/mol. The van der Waals surface area contributed by atoms with Gasteiger partial charge >= 0.3 is 5.69 Å². The predicted octanol–water partition coefficient (Wildman–Crippen LogP) is 2.65. The van der Waals surface area contributed by atoms with Gasteiger partial charge in [-0.15, -0.1) is 0 Å². The van der Waals surface area contributed by atoms with Crippen LogP contribution in [0.5, 0.6) is 5.75 Å². The third-order valence-electron chi connectivity index (χ3n) is 4.47. The Balaban J connectivity index is 2.07. The summed E-state index contributed by atoms with van der Waals surface area (Å²) in [6, 6.07) is 13.4. The molecule has 25 heavy (non-hydrogen) atoms. The minimum absolute atomic E-state index is 0.000630. The van der Waals surface area contributed by atoms with Crippen LogP contribution in [0.15, 0.2) is 47.3 Å². The molecule has 6 nitrogen and oxygen atoms in total. The molecule has 0 amide bonds. The number of benzene rings is 2. The van der Waals surface area contributed by atoms with Crippen LogP contribution in [-0.4, -0.2) is 26.8 Å². The monoisotopic (exact) mass is 335 g/mol. The molecule has 0 saturated carbocycles. The first kappa shape index (κ1) is 15.4. The van der Waals surface area contributed by atoms with Crippen LogP contribution in [0.4, 0.5) is 0 Å². The highest BCUT2D eigenvalue weighted by Gasteiger charge is 2.14. The van der Waals surface area contributed by atoms with Crippen LogP contribution in [0.25, 0.3) is 27.7 Å². The lowest BCUT2D eigenvalue weighted by atomic mass is 9.99. The number of aryl methyl sites for hydroxylation is 1. The van der Waals surface area contributed by atoms with Crippen LogP contribution < -0.4 is 10.4 Å². The van der Waals surface area contributed by atoms with E-state index in [1.165, 1.54) is 0 Å². The summed E-state index contributed by atoms with van der Waals surface area (Å²) in [7, 11) is 1.63. The number of nitrogens with one attached hydrogen (secondary N) is 1. The van der Waals surface area contributed by atoms with Gasteiger partial charge in [0.25, 0.3) is 0 Å². The molecule has 0 bridgehead atoms. The number of hydrogen-bond acceptors (Lipinski definition) is 4. The number of hydrogen-bond donors (Lipinski definition) is 2. The summed E-state index contributed by atoms with van der Waals surface area (Å²) in [4.78, 5) is 12.2. The minimum atomic E-state index is -0.272. The highest BCUT2D eigenvalue weighted by molar-refractivity contribution is 5.92. The molecule has 2 aromatic heterocycles. The van der Waals surface area contributed by atoms with Crippen molar-refractivity contribution in [3.63, 3.8) is 0 Å². The number of ether oxygens (including phenoxy) is 1. The zero-order valence-corrected chi connectivity index (χ0v) is 13.9. The summed E-state index contributed by atoms with van der Waals surface area (Å²) in [5.74, 6) is 0.725. The van der Waals surface area contributed by atoms with Gasteiger partial charge in [0.05, 0.1) is 19.2 Å². The Morgan fingerprint density at radius 3 is 2.64 bits per heavy atom. The number of rotatable bonds is 3. The van der Waals surface area contributed by atoms with Crippen molar-refractivity contribution < 1.29 is 9.84 Å². The third kappa shape index (κ3) is 2.38. The van der Waals surface area contributed by atoms with E-state index in [0.29, 0.717) is 5.65 Å². The van der Waals surface area contributed by atoms with Crippen LogP contribution in [0.1, 0.15) is 11.1 Å². The number of aliphatic hydroxyl groups excluding tert-OH is 1. The van der Waals surface area contributed by atoms with E-state index in [0.717, 1.165) is 38.9 Å². The van der Waals surface area contributed by atoms with Gasteiger partial charge in [0.1, 0.15) is 5.75 Å². The van der Waals surface area contributed by atoms with E-state index in [9.17, 15) is 9.90 Å². The first-order valence-corrected chi connectivity index (χ1v) is 7.91. The second kappa shape index (κ2) is 5.75. The van der Waals surface area contributed by atoms with E-state index in [1.807, 2.05) is 49.4 Å². The van der Waals surface area contributed by atoms with Crippen LogP contribution in [0.3, 0.4) is 0 Å². The van der Waals surface area contributed by atoms with Crippen LogP contribution in [0.2, 0.25) is 0 Å². The van der Waals surface area contributed by atoms with Crippen molar-refractivity contribution >= 4 is 16.6 Å². The Labute approximate surface area is 143 Å². The molecule has 0 fully saturated rings. The average Bonchev–Trinajstić information content (AvgIpc) is 3.01. The quantitative estimate of drug-likeness (QED) is 0.603. The normalized spacial score (nSPS) is 11.3. The molecule has 6 heteroatoms. The highest BCUT2D eigenvalue weighted by atomic mass is 16.5. The lowest BCUT2D eigenvalue weighted by Crippen LogP contribution is -2.10. The summed E-state index contributed by atoms with van der Waals surface area (Å²) in [6.07, 6.45) is 0. The Morgan fingerprint density at radius 2 is 1.96 bits per heavy atom. The van der Waals surface area contributed by atoms with Gasteiger partial charge < -0.3 is 9.84 Å². The van der Waals surface area contributed by atoms with Crippen molar-refractivity contribution in [3.05, 3.63) is 64.1 Å². The molecular weight excluding hydrogens is 318 g/mol. The number of aromatic nitrogens is 3. The van der Waals surface area contributed by atoms with Gasteiger partial charge in [-0.25, -0.2) is 14.3 Å². The largest absolute Gasteiger partial charge is 0.496 e. The van der Waals surface area contributed by atoms with Gasteiger partial charge in [-0.1, -0.05) is 24.3 Å². The second-order valence-electron chi connectivity index (χ2n) is 5.97. The smallest absolute Gasteiger partial charge is 0.348 e. The number of pyridine rings is 1. The standard InChI is InChI=1S/C19H17N3O3/c1-11-7-18-20-21-19(24)22(18)16-8-15(17(25-2)9-14(11)16)13-5-3-12(10-23)4-6-13/h3-9,23H,10H2,1-2H3,(H,21,24). The van der Waals surface area contributed by atoms with Gasteiger partial charge in [-0.2, -0.15) is 5.10 Å². The first-order valence-electron chi connectivity index (χ1n) is 7.91. The minimum Gasteiger partial charge on any atom is -0.496 e. The fourth-order valence-electron chi connectivity index (χ4n) is 3.16. The van der Waals surface area contributed by atoms with E-state index in [4.69, 9.17) is 4.74 Å². The maximum Gasteiger partial charge on any atom is 0.348 e. The number of nitrogens with zero attached hydrogens (tertiary/aromatic N) is 2. The highest BCUT2D eigenvalue weighted by Crippen LogP contribution is 2.35. The lowest BCUT2D eigenvalue weighted by Gasteiger charge is -2.13. The molecule has 0 aliphatic carbocycles. The first-order chi connectivity index (χ1) is 12.1. The van der Waals surface area contributed by atoms with Gasteiger partial charge in [0.2, 0.25) is 0 Å². The maximum atomic E-state index is 12.2. The Bertz CT molecular complexity index is 1140. The summed E-state index contributed by atoms with van der Waals surface area (Å²) >= 11 is 0. The van der Waals surface area contributed by atoms with Crippen molar-refractivity contribution in [2.45, 2.75) is 13.5 Å². The molecule has 126 valence electrons. The van der Waals surface area contributed by atoms with Crippen LogP contribution in [-0.2, 0) is 6.61 Å². The van der Waals surface area contributed by atoms with Crippen molar-refractivity contribution in [2.24, 2.45) is 0 Å². The molecule has 4 rings (SSSR count). The zero-order chi connectivity index (χ0) is 17.6. The molecule has 2 N–H and O–H groups in total. The zero-order valence-electron chi connectivity index (χ0n) is 13.9. The molecule has 2 heterocycles. The molecule has 0 unspecified atom stereocenters. The molecule has 4 aromatic rings. The second-order valence-corrected chi connectivity index (χ2v) is 5.97. The Kier molecular flexibility index (Phi) is 3.54. The number of fused-ring (bicyclic) bond motifs is 3. The van der Waals surface area contributed by atoms with Gasteiger partial charge in [-0.3, -0.25) is 0 Å².